The third-order valence-electron chi connectivity index (χ3n) is 7.22. The molecule has 1 atom stereocenters. The predicted molar refractivity (Wildman–Crippen MR) is 116 cm³/mol. The lowest BCUT2D eigenvalue weighted by atomic mass is 9.95. The number of aromatic nitrogens is 1. The van der Waals surface area contributed by atoms with Gasteiger partial charge < -0.3 is 9.80 Å². The first-order chi connectivity index (χ1) is 13.9. The van der Waals surface area contributed by atoms with E-state index in [9.17, 15) is 0 Å². The highest BCUT2D eigenvalue weighted by atomic mass is 15.2. The Morgan fingerprint density at radius 1 is 0.964 bits per heavy atom. The SMILES string of the molecule is c1cncc(CN(CCN2CCCCC2)C[C@@H]2CCCN(C3CCCC3)C2)c1. The number of rotatable bonds is 8. The molecule has 3 aliphatic rings. The lowest BCUT2D eigenvalue weighted by molar-refractivity contribution is 0.0912. The Balaban J connectivity index is 1.33. The molecule has 4 heteroatoms. The maximum absolute atomic E-state index is 4.35. The zero-order chi connectivity index (χ0) is 19.0. The van der Waals surface area contributed by atoms with Crippen LogP contribution in [-0.4, -0.2) is 71.5 Å². The average molecular weight is 385 g/mol. The Morgan fingerprint density at radius 2 is 1.82 bits per heavy atom. The molecule has 3 heterocycles. The van der Waals surface area contributed by atoms with E-state index >= 15 is 0 Å². The van der Waals surface area contributed by atoms with Gasteiger partial charge in [0.15, 0.2) is 0 Å². The molecule has 0 bridgehead atoms. The number of nitrogens with zero attached hydrogens (tertiary/aromatic N) is 4. The Kier molecular flexibility index (Phi) is 7.76. The summed E-state index contributed by atoms with van der Waals surface area (Å²) in [5, 5.41) is 0. The molecule has 1 saturated carbocycles. The molecule has 0 N–H and O–H groups in total. The minimum Gasteiger partial charge on any atom is -0.302 e. The van der Waals surface area contributed by atoms with E-state index in [1.165, 1.54) is 109 Å². The molecule has 1 aliphatic carbocycles. The molecule has 0 aromatic carbocycles. The van der Waals surface area contributed by atoms with E-state index in [0.29, 0.717) is 0 Å². The number of piperidine rings is 2. The van der Waals surface area contributed by atoms with Crippen LogP contribution in [0.1, 0.15) is 63.4 Å². The fourth-order valence-electron chi connectivity index (χ4n) is 5.66. The number of pyridine rings is 1. The highest BCUT2D eigenvalue weighted by Crippen LogP contribution is 2.28. The van der Waals surface area contributed by atoms with Crippen LogP contribution in [0, 0.1) is 5.92 Å². The van der Waals surface area contributed by atoms with Crippen molar-refractivity contribution in [2.45, 2.75) is 70.4 Å². The zero-order valence-electron chi connectivity index (χ0n) is 17.8. The zero-order valence-corrected chi connectivity index (χ0v) is 17.8. The van der Waals surface area contributed by atoms with E-state index in [-0.39, 0.29) is 0 Å². The summed E-state index contributed by atoms with van der Waals surface area (Å²) in [5.74, 6) is 0.840. The number of hydrogen-bond acceptors (Lipinski definition) is 4. The molecule has 4 rings (SSSR count). The Hall–Kier alpha value is -0.970. The van der Waals surface area contributed by atoms with Gasteiger partial charge >= 0.3 is 0 Å². The van der Waals surface area contributed by atoms with Crippen LogP contribution in [0.5, 0.6) is 0 Å². The molecule has 2 aliphatic heterocycles. The van der Waals surface area contributed by atoms with Crippen LogP contribution in [0.2, 0.25) is 0 Å². The van der Waals surface area contributed by atoms with Gasteiger partial charge in [0, 0.05) is 51.2 Å². The summed E-state index contributed by atoms with van der Waals surface area (Å²) in [4.78, 5) is 12.6. The van der Waals surface area contributed by atoms with Crippen LogP contribution in [0.4, 0.5) is 0 Å². The van der Waals surface area contributed by atoms with Gasteiger partial charge in [-0.15, -0.1) is 0 Å². The van der Waals surface area contributed by atoms with Gasteiger partial charge in [0.25, 0.3) is 0 Å². The van der Waals surface area contributed by atoms with Crippen LogP contribution < -0.4 is 0 Å². The third-order valence-corrected chi connectivity index (χ3v) is 7.22. The topological polar surface area (TPSA) is 22.6 Å². The Bertz CT molecular complexity index is 551. The molecule has 1 aromatic heterocycles. The van der Waals surface area contributed by atoms with Gasteiger partial charge in [0.1, 0.15) is 0 Å². The van der Waals surface area contributed by atoms with Crippen LogP contribution in [0.3, 0.4) is 0 Å². The number of likely N-dealkylation sites (tertiary alicyclic amines) is 2. The third kappa shape index (κ3) is 6.01. The summed E-state index contributed by atoms with van der Waals surface area (Å²) < 4.78 is 0. The van der Waals surface area contributed by atoms with E-state index in [4.69, 9.17) is 0 Å². The minimum atomic E-state index is 0.840. The van der Waals surface area contributed by atoms with E-state index in [0.717, 1.165) is 18.5 Å². The first-order valence-corrected chi connectivity index (χ1v) is 11.9. The van der Waals surface area contributed by atoms with E-state index < -0.39 is 0 Å². The van der Waals surface area contributed by atoms with Gasteiger partial charge in [-0.1, -0.05) is 25.3 Å². The Morgan fingerprint density at radius 3 is 2.61 bits per heavy atom. The summed E-state index contributed by atoms with van der Waals surface area (Å²) in [7, 11) is 0. The average Bonchev–Trinajstić information content (AvgIpc) is 3.29. The van der Waals surface area contributed by atoms with Crippen molar-refractivity contribution >= 4 is 0 Å². The van der Waals surface area contributed by atoms with Crippen molar-refractivity contribution in [2.24, 2.45) is 5.92 Å². The van der Waals surface area contributed by atoms with Crippen molar-refractivity contribution < 1.29 is 0 Å². The summed E-state index contributed by atoms with van der Waals surface area (Å²) in [6, 6.07) is 5.22. The van der Waals surface area contributed by atoms with Crippen LogP contribution in [0.15, 0.2) is 24.5 Å². The van der Waals surface area contributed by atoms with Crippen molar-refractivity contribution in [2.75, 3.05) is 45.8 Å². The molecule has 3 fully saturated rings. The number of hydrogen-bond donors (Lipinski definition) is 0. The van der Waals surface area contributed by atoms with E-state index in [2.05, 4.69) is 38.0 Å². The smallest absolute Gasteiger partial charge is 0.0312 e. The van der Waals surface area contributed by atoms with Gasteiger partial charge in [-0.2, -0.15) is 0 Å². The monoisotopic (exact) mass is 384 g/mol. The Labute approximate surface area is 172 Å². The summed E-state index contributed by atoms with van der Waals surface area (Å²) in [6.45, 7) is 10.0. The van der Waals surface area contributed by atoms with Crippen LogP contribution >= 0.6 is 0 Å². The highest BCUT2D eigenvalue weighted by Gasteiger charge is 2.28. The summed E-state index contributed by atoms with van der Waals surface area (Å²) in [6.07, 6.45) is 16.8. The van der Waals surface area contributed by atoms with Gasteiger partial charge in [0.2, 0.25) is 0 Å². The molecule has 156 valence electrons. The molecule has 4 nitrogen and oxygen atoms in total. The highest BCUT2D eigenvalue weighted by molar-refractivity contribution is 5.08. The molecular weight excluding hydrogens is 344 g/mol. The lowest BCUT2D eigenvalue weighted by Crippen LogP contribution is -2.46. The van der Waals surface area contributed by atoms with Crippen LogP contribution in [-0.2, 0) is 6.54 Å². The molecule has 0 amide bonds. The summed E-state index contributed by atoms with van der Waals surface area (Å²) >= 11 is 0. The molecule has 0 radical (unpaired) electrons. The van der Waals surface area contributed by atoms with E-state index in [1.54, 1.807) is 0 Å². The molecule has 0 spiro atoms. The lowest BCUT2D eigenvalue weighted by Gasteiger charge is -2.39. The maximum atomic E-state index is 4.35. The van der Waals surface area contributed by atoms with Gasteiger partial charge in [-0.3, -0.25) is 9.88 Å². The second kappa shape index (κ2) is 10.7. The normalized spacial score (nSPS) is 25.5. The molecule has 2 saturated heterocycles. The molecule has 1 aromatic rings. The second-order valence-corrected chi connectivity index (χ2v) is 9.44. The summed E-state index contributed by atoms with van der Waals surface area (Å²) in [5.41, 5.74) is 1.37. The first-order valence-electron chi connectivity index (χ1n) is 11.9. The minimum absolute atomic E-state index is 0.840. The molecule has 28 heavy (non-hydrogen) atoms. The van der Waals surface area contributed by atoms with Crippen molar-refractivity contribution in [3.63, 3.8) is 0 Å². The largest absolute Gasteiger partial charge is 0.302 e. The van der Waals surface area contributed by atoms with Gasteiger partial charge in [-0.25, -0.2) is 0 Å². The fraction of sp³-hybridized carbons (Fsp3) is 0.792. The fourth-order valence-corrected chi connectivity index (χ4v) is 5.66. The van der Waals surface area contributed by atoms with Crippen molar-refractivity contribution in [3.8, 4) is 0 Å². The predicted octanol–water partition coefficient (Wildman–Crippen LogP) is 4.02. The van der Waals surface area contributed by atoms with Crippen molar-refractivity contribution in [1.29, 1.82) is 0 Å². The molecule has 0 unspecified atom stereocenters. The van der Waals surface area contributed by atoms with Gasteiger partial charge in [0.05, 0.1) is 0 Å². The van der Waals surface area contributed by atoms with E-state index in [1.807, 2.05) is 6.20 Å². The quantitative estimate of drug-likeness (QED) is 0.675. The van der Waals surface area contributed by atoms with Crippen molar-refractivity contribution in [1.82, 2.24) is 19.7 Å². The molecular formula is C24H40N4. The first kappa shape index (κ1) is 20.3. The van der Waals surface area contributed by atoms with Crippen LogP contribution in [0.25, 0.3) is 0 Å². The standard InChI is InChI=1S/C24H40N4/c1-4-13-26(14-5-1)16-17-27(19-22-8-6-12-25-18-22)20-23-9-7-15-28(21-23)24-10-2-3-11-24/h6,8,12,18,23-24H,1-5,7,9-11,13-17,19-21H2/t23-/m0/s1. The van der Waals surface area contributed by atoms with Gasteiger partial charge in [-0.05, 0) is 75.7 Å². The van der Waals surface area contributed by atoms with Crippen molar-refractivity contribution in [3.05, 3.63) is 30.1 Å². The second-order valence-electron chi connectivity index (χ2n) is 9.44. The maximum Gasteiger partial charge on any atom is 0.0312 e.